The molecule has 144 valence electrons. The van der Waals surface area contributed by atoms with E-state index >= 15 is 0 Å². The van der Waals surface area contributed by atoms with E-state index in [2.05, 4.69) is 25.6 Å². The number of nitrogens with one attached hydrogen (secondary N) is 1. The molecule has 0 fully saturated rings. The molecule has 3 aromatic heterocycles. The first-order valence-electron chi connectivity index (χ1n) is 9.06. The second-order valence-corrected chi connectivity index (χ2v) is 6.51. The highest BCUT2D eigenvalue weighted by atomic mass is 16.5. The average Bonchev–Trinajstić information content (AvgIpc) is 3.41. The number of aryl methyl sites for hydroxylation is 2. The Morgan fingerprint density at radius 2 is 2.04 bits per heavy atom. The monoisotopic (exact) mass is 380 g/mol. The molecule has 1 N–H and O–H groups in total. The molecule has 1 unspecified atom stereocenters. The molecule has 1 aromatic carbocycles. The van der Waals surface area contributed by atoms with Gasteiger partial charge in [0.2, 0.25) is 5.89 Å². The van der Waals surface area contributed by atoms with E-state index in [1.165, 1.54) is 0 Å². The van der Waals surface area contributed by atoms with Crippen LogP contribution in [0.15, 0.2) is 39.4 Å². The molecule has 4 rings (SSSR count). The Balaban J connectivity index is 1.47. The lowest BCUT2D eigenvalue weighted by atomic mass is 10.3. The number of aromatic nitrogens is 5. The topological polar surface area (TPSA) is 112 Å². The summed E-state index contributed by atoms with van der Waals surface area (Å²) in [6.07, 6.45) is 0.666. The van der Waals surface area contributed by atoms with Crippen molar-refractivity contribution in [2.24, 2.45) is 0 Å². The molecule has 3 heterocycles. The third-order valence-electron chi connectivity index (χ3n) is 4.47. The largest absolute Gasteiger partial charge is 0.359 e. The molecule has 9 nitrogen and oxygen atoms in total. The van der Waals surface area contributed by atoms with Crippen LogP contribution in [0, 0.1) is 6.92 Å². The van der Waals surface area contributed by atoms with Gasteiger partial charge in [0.25, 0.3) is 5.91 Å². The van der Waals surface area contributed by atoms with E-state index in [0.717, 1.165) is 16.9 Å². The molecular weight excluding hydrogens is 360 g/mol. The number of carbonyl (C=O) groups excluding carboxylic acids is 1. The Morgan fingerprint density at radius 1 is 1.21 bits per heavy atom. The van der Waals surface area contributed by atoms with Crippen LogP contribution in [-0.2, 0) is 13.0 Å². The van der Waals surface area contributed by atoms with Gasteiger partial charge in [-0.25, -0.2) is 4.98 Å². The van der Waals surface area contributed by atoms with Crippen molar-refractivity contribution in [3.05, 3.63) is 59.3 Å². The third-order valence-corrected chi connectivity index (χ3v) is 4.47. The minimum atomic E-state index is -0.430. The highest BCUT2D eigenvalue weighted by Crippen LogP contribution is 2.18. The van der Waals surface area contributed by atoms with Gasteiger partial charge in [-0.1, -0.05) is 29.4 Å². The Labute approximate surface area is 160 Å². The molecular formula is C19H20N6O3. The van der Waals surface area contributed by atoms with Crippen LogP contribution < -0.4 is 5.32 Å². The van der Waals surface area contributed by atoms with Gasteiger partial charge in [-0.2, -0.15) is 4.98 Å². The quantitative estimate of drug-likeness (QED) is 0.547. The first kappa shape index (κ1) is 17.9. The molecule has 0 saturated heterocycles. The molecule has 0 saturated carbocycles. The van der Waals surface area contributed by atoms with Gasteiger partial charge in [0.05, 0.1) is 17.6 Å². The summed E-state index contributed by atoms with van der Waals surface area (Å²) < 4.78 is 12.5. The van der Waals surface area contributed by atoms with E-state index in [-0.39, 0.29) is 11.6 Å². The van der Waals surface area contributed by atoms with Gasteiger partial charge in [-0.05, 0) is 26.0 Å². The van der Waals surface area contributed by atoms with E-state index in [9.17, 15) is 4.79 Å². The van der Waals surface area contributed by atoms with Crippen molar-refractivity contribution < 1.29 is 13.8 Å². The van der Waals surface area contributed by atoms with Crippen LogP contribution in [0.25, 0.3) is 11.0 Å². The predicted molar refractivity (Wildman–Crippen MR) is 99.6 cm³/mol. The SMILES string of the molecule is CCc1noc(C(C)NC(=O)c2cc(Cn3c(C)nc4ccccc43)on2)n1. The van der Waals surface area contributed by atoms with Crippen LogP contribution in [0.1, 0.15) is 53.7 Å². The lowest BCUT2D eigenvalue weighted by Gasteiger charge is -2.07. The molecule has 9 heteroatoms. The maximum Gasteiger partial charge on any atom is 0.274 e. The Bertz CT molecular complexity index is 1130. The van der Waals surface area contributed by atoms with E-state index in [0.29, 0.717) is 30.4 Å². The van der Waals surface area contributed by atoms with Crippen LogP contribution in [0.3, 0.4) is 0 Å². The van der Waals surface area contributed by atoms with Gasteiger partial charge in [-0.15, -0.1) is 0 Å². The normalized spacial score (nSPS) is 12.4. The lowest BCUT2D eigenvalue weighted by Crippen LogP contribution is -2.27. The maximum absolute atomic E-state index is 12.5. The fraction of sp³-hybridized carbons (Fsp3) is 0.316. The van der Waals surface area contributed by atoms with Crippen LogP contribution in [0.4, 0.5) is 0 Å². The molecule has 1 amide bonds. The number of para-hydroxylation sites is 2. The summed E-state index contributed by atoms with van der Waals surface area (Å²) in [7, 11) is 0. The van der Waals surface area contributed by atoms with Gasteiger partial charge < -0.3 is 18.9 Å². The number of hydrogen-bond donors (Lipinski definition) is 1. The van der Waals surface area contributed by atoms with E-state index in [1.54, 1.807) is 13.0 Å². The molecule has 1 atom stereocenters. The van der Waals surface area contributed by atoms with Gasteiger partial charge in [0.1, 0.15) is 11.9 Å². The van der Waals surface area contributed by atoms with Crippen molar-refractivity contribution >= 4 is 16.9 Å². The Kier molecular flexibility index (Phi) is 4.64. The first-order valence-corrected chi connectivity index (χ1v) is 9.06. The summed E-state index contributed by atoms with van der Waals surface area (Å²) in [4.78, 5) is 21.2. The summed E-state index contributed by atoms with van der Waals surface area (Å²) in [6, 6.07) is 9.06. The summed E-state index contributed by atoms with van der Waals surface area (Å²) in [5.41, 5.74) is 2.11. The number of fused-ring (bicyclic) bond motifs is 1. The van der Waals surface area contributed by atoms with Crippen molar-refractivity contribution in [3.63, 3.8) is 0 Å². The highest BCUT2D eigenvalue weighted by molar-refractivity contribution is 5.92. The number of imidazole rings is 1. The number of carbonyl (C=O) groups is 1. The minimum absolute atomic E-state index is 0.194. The van der Waals surface area contributed by atoms with Crippen LogP contribution in [0.5, 0.6) is 0 Å². The lowest BCUT2D eigenvalue weighted by molar-refractivity contribution is 0.0923. The van der Waals surface area contributed by atoms with Crippen LogP contribution in [0.2, 0.25) is 0 Å². The standard InChI is InChI=1S/C19H20N6O3/c1-4-17-22-19(28-24-17)11(2)20-18(26)15-9-13(27-23-15)10-25-12(3)21-14-7-5-6-8-16(14)25/h5-9,11H,4,10H2,1-3H3,(H,20,26). The average molecular weight is 380 g/mol. The zero-order valence-electron chi connectivity index (χ0n) is 15.8. The van der Waals surface area contributed by atoms with E-state index in [4.69, 9.17) is 9.05 Å². The van der Waals surface area contributed by atoms with Crippen molar-refractivity contribution in [2.45, 2.75) is 39.8 Å². The van der Waals surface area contributed by atoms with Gasteiger partial charge in [0, 0.05) is 12.5 Å². The molecule has 0 aliphatic carbocycles. The summed E-state index contributed by atoms with van der Waals surface area (Å²) in [5.74, 6) is 2.01. The number of rotatable bonds is 6. The highest BCUT2D eigenvalue weighted by Gasteiger charge is 2.20. The predicted octanol–water partition coefficient (Wildman–Crippen LogP) is 2.82. The van der Waals surface area contributed by atoms with E-state index < -0.39 is 6.04 Å². The smallest absolute Gasteiger partial charge is 0.274 e. The second-order valence-electron chi connectivity index (χ2n) is 6.51. The molecule has 28 heavy (non-hydrogen) atoms. The molecule has 0 aliphatic rings. The second kappa shape index (κ2) is 7.26. The number of amides is 1. The van der Waals surface area contributed by atoms with Crippen LogP contribution >= 0.6 is 0 Å². The number of nitrogens with zero attached hydrogens (tertiary/aromatic N) is 5. The number of benzene rings is 1. The Morgan fingerprint density at radius 3 is 2.82 bits per heavy atom. The summed E-state index contributed by atoms with van der Waals surface area (Å²) in [6.45, 7) is 6.07. The Hall–Kier alpha value is -3.49. The maximum atomic E-state index is 12.5. The van der Waals surface area contributed by atoms with Crippen molar-refractivity contribution in [1.82, 2.24) is 30.2 Å². The van der Waals surface area contributed by atoms with E-state index in [1.807, 2.05) is 42.7 Å². The third kappa shape index (κ3) is 3.38. The number of hydrogen-bond acceptors (Lipinski definition) is 7. The molecule has 4 aromatic rings. The fourth-order valence-electron chi connectivity index (χ4n) is 2.97. The summed E-state index contributed by atoms with van der Waals surface area (Å²) >= 11 is 0. The molecule has 0 aliphatic heterocycles. The fourth-order valence-corrected chi connectivity index (χ4v) is 2.97. The van der Waals surface area contributed by atoms with Crippen molar-refractivity contribution in [2.75, 3.05) is 0 Å². The van der Waals surface area contributed by atoms with Gasteiger partial charge in [-0.3, -0.25) is 4.79 Å². The van der Waals surface area contributed by atoms with Crippen LogP contribution in [-0.4, -0.2) is 30.8 Å². The van der Waals surface area contributed by atoms with Crippen molar-refractivity contribution in [3.8, 4) is 0 Å². The molecule has 0 spiro atoms. The molecule has 0 radical (unpaired) electrons. The van der Waals surface area contributed by atoms with Crippen molar-refractivity contribution in [1.29, 1.82) is 0 Å². The zero-order valence-corrected chi connectivity index (χ0v) is 15.8. The van der Waals surface area contributed by atoms with Gasteiger partial charge >= 0.3 is 0 Å². The summed E-state index contributed by atoms with van der Waals surface area (Å²) in [5, 5.41) is 10.5. The zero-order chi connectivity index (χ0) is 19.7. The molecule has 0 bridgehead atoms. The minimum Gasteiger partial charge on any atom is -0.359 e. The first-order chi connectivity index (χ1) is 13.5. The van der Waals surface area contributed by atoms with Gasteiger partial charge in [0.15, 0.2) is 17.3 Å².